The maximum Gasteiger partial charge on any atom is 0.257 e. The number of β-amino-alcohol motifs (C(OH)–C–C–N with tert-alkyl or cyclic N) is 1. The minimum atomic E-state index is -0.428. The second-order valence-electron chi connectivity index (χ2n) is 4.68. The number of rotatable bonds is 4. The lowest BCUT2D eigenvalue weighted by Crippen LogP contribution is -2.30. The summed E-state index contributed by atoms with van der Waals surface area (Å²) in [7, 11) is 0. The number of hydrogen-bond acceptors (Lipinski definition) is 3. The van der Waals surface area contributed by atoms with Crippen molar-refractivity contribution < 1.29 is 14.6 Å². The molecule has 4 nitrogen and oxygen atoms in total. The van der Waals surface area contributed by atoms with Gasteiger partial charge in [-0.05, 0) is 31.0 Å². The van der Waals surface area contributed by atoms with Gasteiger partial charge in [0.25, 0.3) is 5.91 Å². The Morgan fingerprint density at radius 1 is 1.58 bits per heavy atom. The molecule has 2 rings (SSSR count). The van der Waals surface area contributed by atoms with Crippen LogP contribution in [0.3, 0.4) is 0 Å². The summed E-state index contributed by atoms with van der Waals surface area (Å²) in [6, 6.07) is 5.06. The molecule has 0 spiro atoms. The number of benzene rings is 1. The zero-order valence-corrected chi connectivity index (χ0v) is 11.7. The highest BCUT2D eigenvalue weighted by Crippen LogP contribution is 2.26. The molecule has 104 valence electrons. The molecule has 0 saturated carbocycles. The zero-order valence-electron chi connectivity index (χ0n) is 10.9. The first kappa shape index (κ1) is 14.2. The molecule has 0 bridgehead atoms. The lowest BCUT2D eigenvalue weighted by molar-refractivity contribution is 0.0760. The molecule has 19 heavy (non-hydrogen) atoms. The summed E-state index contributed by atoms with van der Waals surface area (Å²) >= 11 is 5.95. The predicted octanol–water partition coefficient (Wildman–Crippen LogP) is 2.34. The first-order valence-corrected chi connectivity index (χ1v) is 6.89. The normalized spacial score (nSPS) is 18.7. The first-order valence-electron chi connectivity index (χ1n) is 6.51. The summed E-state index contributed by atoms with van der Waals surface area (Å²) in [5, 5.41) is 10.0. The van der Waals surface area contributed by atoms with Gasteiger partial charge in [-0.3, -0.25) is 4.79 Å². The van der Waals surface area contributed by atoms with Crippen LogP contribution in [0.15, 0.2) is 18.2 Å². The van der Waals surface area contributed by atoms with Gasteiger partial charge >= 0.3 is 0 Å². The van der Waals surface area contributed by atoms with Crippen molar-refractivity contribution in [1.29, 1.82) is 0 Å². The molecule has 1 aromatic rings. The van der Waals surface area contributed by atoms with E-state index in [9.17, 15) is 9.90 Å². The van der Waals surface area contributed by atoms with Crippen LogP contribution in [0.25, 0.3) is 0 Å². The molecule has 0 aromatic heterocycles. The second-order valence-corrected chi connectivity index (χ2v) is 5.12. The first-order chi connectivity index (χ1) is 9.11. The summed E-state index contributed by atoms with van der Waals surface area (Å²) in [4.78, 5) is 14.0. The molecule has 0 radical (unpaired) electrons. The predicted molar refractivity (Wildman–Crippen MR) is 73.8 cm³/mol. The minimum absolute atomic E-state index is 0.134. The molecule has 1 fully saturated rings. The number of hydrogen-bond donors (Lipinski definition) is 1. The van der Waals surface area contributed by atoms with Gasteiger partial charge in [-0.15, -0.1) is 0 Å². The number of likely N-dealkylation sites (tertiary alicyclic amines) is 1. The minimum Gasteiger partial charge on any atom is -0.493 e. The van der Waals surface area contributed by atoms with E-state index in [1.54, 1.807) is 23.1 Å². The van der Waals surface area contributed by atoms with Crippen molar-refractivity contribution in [2.45, 2.75) is 25.9 Å². The molecular formula is C14H18ClNO3. The Morgan fingerprint density at radius 2 is 2.37 bits per heavy atom. The number of aliphatic hydroxyl groups excluding tert-OH is 1. The van der Waals surface area contributed by atoms with Gasteiger partial charge in [0.1, 0.15) is 5.75 Å². The SMILES string of the molecule is CCCOc1ccc(Cl)cc1C(=O)N1CC[C@@H](O)C1. The van der Waals surface area contributed by atoms with E-state index in [0.29, 0.717) is 42.5 Å². The Bertz CT molecular complexity index is 464. The summed E-state index contributed by atoms with van der Waals surface area (Å²) in [5.41, 5.74) is 0.468. The third-order valence-corrected chi connectivity index (χ3v) is 3.32. The van der Waals surface area contributed by atoms with Gasteiger partial charge in [0.05, 0.1) is 18.3 Å². The maximum atomic E-state index is 12.4. The van der Waals surface area contributed by atoms with Crippen LogP contribution >= 0.6 is 11.6 Å². The Labute approximate surface area is 117 Å². The fourth-order valence-corrected chi connectivity index (χ4v) is 2.28. The van der Waals surface area contributed by atoms with Gasteiger partial charge in [-0.25, -0.2) is 0 Å². The summed E-state index contributed by atoms with van der Waals surface area (Å²) < 4.78 is 5.58. The molecule has 0 unspecified atom stereocenters. The average Bonchev–Trinajstić information content (AvgIpc) is 2.83. The van der Waals surface area contributed by atoms with Crippen LogP contribution in [0, 0.1) is 0 Å². The molecule has 5 heteroatoms. The van der Waals surface area contributed by atoms with Gasteiger partial charge in [-0.2, -0.15) is 0 Å². The van der Waals surface area contributed by atoms with E-state index >= 15 is 0 Å². The fourth-order valence-electron chi connectivity index (χ4n) is 2.10. The highest BCUT2D eigenvalue weighted by molar-refractivity contribution is 6.31. The highest BCUT2D eigenvalue weighted by atomic mass is 35.5. The molecule has 1 aromatic carbocycles. The number of amides is 1. The van der Waals surface area contributed by atoms with Crippen molar-refractivity contribution in [3.63, 3.8) is 0 Å². The molecule has 1 amide bonds. The largest absolute Gasteiger partial charge is 0.493 e. The number of aliphatic hydroxyl groups is 1. The third-order valence-electron chi connectivity index (χ3n) is 3.08. The number of ether oxygens (including phenoxy) is 1. The van der Waals surface area contributed by atoms with Crippen LogP contribution in [-0.2, 0) is 0 Å². The number of nitrogens with zero attached hydrogens (tertiary/aromatic N) is 1. The van der Waals surface area contributed by atoms with Crippen LogP contribution in [0.2, 0.25) is 5.02 Å². The lowest BCUT2D eigenvalue weighted by atomic mass is 10.1. The highest BCUT2D eigenvalue weighted by Gasteiger charge is 2.27. The van der Waals surface area contributed by atoms with E-state index in [1.807, 2.05) is 6.92 Å². The van der Waals surface area contributed by atoms with Gasteiger partial charge < -0.3 is 14.7 Å². The van der Waals surface area contributed by atoms with Crippen LogP contribution in [0.5, 0.6) is 5.75 Å². The van der Waals surface area contributed by atoms with Crippen molar-refractivity contribution in [1.82, 2.24) is 4.90 Å². The molecule has 1 heterocycles. The molecule has 1 saturated heterocycles. The Balaban J connectivity index is 2.21. The third kappa shape index (κ3) is 3.39. The Morgan fingerprint density at radius 3 is 3.00 bits per heavy atom. The monoisotopic (exact) mass is 283 g/mol. The van der Waals surface area contributed by atoms with Gasteiger partial charge in [0.2, 0.25) is 0 Å². The van der Waals surface area contributed by atoms with Crippen molar-refractivity contribution in [3.05, 3.63) is 28.8 Å². The van der Waals surface area contributed by atoms with Gasteiger partial charge in [0.15, 0.2) is 0 Å². The number of halogens is 1. The Kier molecular flexibility index (Phi) is 4.66. The van der Waals surface area contributed by atoms with E-state index in [2.05, 4.69) is 0 Å². The quantitative estimate of drug-likeness (QED) is 0.923. The summed E-state index contributed by atoms with van der Waals surface area (Å²) in [5.74, 6) is 0.419. The zero-order chi connectivity index (χ0) is 13.8. The van der Waals surface area contributed by atoms with Gasteiger partial charge in [0, 0.05) is 18.1 Å². The molecule has 1 aliphatic heterocycles. The van der Waals surface area contributed by atoms with E-state index < -0.39 is 6.10 Å². The average molecular weight is 284 g/mol. The van der Waals surface area contributed by atoms with E-state index in [0.717, 1.165) is 6.42 Å². The molecular weight excluding hydrogens is 266 g/mol. The lowest BCUT2D eigenvalue weighted by Gasteiger charge is -2.18. The van der Waals surface area contributed by atoms with Crippen molar-refractivity contribution >= 4 is 17.5 Å². The number of carbonyl (C=O) groups is 1. The van der Waals surface area contributed by atoms with E-state index in [1.165, 1.54) is 0 Å². The van der Waals surface area contributed by atoms with Crippen molar-refractivity contribution in [2.24, 2.45) is 0 Å². The van der Waals surface area contributed by atoms with Crippen LogP contribution < -0.4 is 4.74 Å². The summed E-state index contributed by atoms with van der Waals surface area (Å²) in [6.07, 6.45) is 1.07. The van der Waals surface area contributed by atoms with Crippen LogP contribution in [-0.4, -0.2) is 41.7 Å². The molecule has 1 aliphatic rings. The fraction of sp³-hybridized carbons (Fsp3) is 0.500. The molecule has 1 N–H and O–H groups in total. The Hall–Kier alpha value is -1.26. The van der Waals surface area contributed by atoms with Crippen molar-refractivity contribution in [2.75, 3.05) is 19.7 Å². The number of carbonyl (C=O) groups excluding carboxylic acids is 1. The molecule has 1 atom stereocenters. The second kappa shape index (κ2) is 6.26. The van der Waals surface area contributed by atoms with E-state index in [-0.39, 0.29) is 5.91 Å². The maximum absolute atomic E-state index is 12.4. The standard InChI is InChI=1S/C14H18ClNO3/c1-2-7-19-13-4-3-10(15)8-12(13)14(18)16-6-5-11(17)9-16/h3-4,8,11,17H,2,5-7,9H2,1H3/t11-/m1/s1. The molecule has 0 aliphatic carbocycles. The van der Waals surface area contributed by atoms with Crippen molar-refractivity contribution in [3.8, 4) is 5.75 Å². The van der Waals surface area contributed by atoms with Crippen LogP contribution in [0.4, 0.5) is 0 Å². The van der Waals surface area contributed by atoms with Crippen LogP contribution in [0.1, 0.15) is 30.1 Å². The summed E-state index contributed by atoms with van der Waals surface area (Å²) in [6.45, 7) is 3.51. The smallest absolute Gasteiger partial charge is 0.257 e. The van der Waals surface area contributed by atoms with Gasteiger partial charge in [-0.1, -0.05) is 18.5 Å². The topological polar surface area (TPSA) is 49.8 Å². The van der Waals surface area contributed by atoms with E-state index in [4.69, 9.17) is 16.3 Å².